The molecule has 26 heavy (non-hydrogen) atoms. The second-order valence-electron chi connectivity index (χ2n) is 7.32. The number of piperidine rings is 1. The SMILES string of the molecule is CC(C)CC(=O)Nc1ccc(C(=O)N2CCC(C)CC2C(=O)O)cc1F. The quantitative estimate of drug-likeness (QED) is 0.840. The predicted octanol–water partition coefficient (Wildman–Crippen LogP) is 3.14. The molecule has 1 saturated heterocycles. The van der Waals surface area contributed by atoms with Crippen LogP contribution in [0.25, 0.3) is 0 Å². The van der Waals surface area contributed by atoms with E-state index in [9.17, 15) is 23.9 Å². The number of amides is 2. The van der Waals surface area contributed by atoms with Gasteiger partial charge in [-0.05, 0) is 42.9 Å². The maximum atomic E-state index is 14.3. The first-order valence-electron chi connectivity index (χ1n) is 8.82. The molecular formula is C19H25FN2O4. The van der Waals surface area contributed by atoms with Gasteiger partial charge >= 0.3 is 5.97 Å². The first kappa shape index (κ1) is 19.9. The third-order valence-corrected chi connectivity index (χ3v) is 4.49. The minimum atomic E-state index is -1.05. The Bertz CT molecular complexity index is 705. The Balaban J connectivity index is 2.15. The lowest BCUT2D eigenvalue weighted by Crippen LogP contribution is -2.49. The van der Waals surface area contributed by atoms with Crippen molar-refractivity contribution in [2.24, 2.45) is 11.8 Å². The van der Waals surface area contributed by atoms with Gasteiger partial charge in [-0.1, -0.05) is 20.8 Å². The fourth-order valence-electron chi connectivity index (χ4n) is 3.11. The number of carboxylic acid groups (broad SMARTS) is 1. The number of carbonyl (C=O) groups is 3. The zero-order chi connectivity index (χ0) is 19.4. The molecule has 1 aliphatic rings. The molecule has 1 aromatic carbocycles. The maximum absolute atomic E-state index is 14.3. The molecule has 1 heterocycles. The van der Waals surface area contributed by atoms with Crippen LogP contribution < -0.4 is 5.32 Å². The number of carboxylic acids is 1. The van der Waals surface area contributed by atoms with Crippen LogP contribution in [0.4, 0.5) is 10.1 Å². The molecule has 2 N–H and O–H groups in total. The zero-order valence-corrected chi connectivity index (χ0v) is 15.3. The van der Waals surface area contributed by atoms with Crippen molar-refractivity contribution in [3.63, 3.8) is 0 Å². The number of halogens is 1. The number of benzene rings is 1. The van der Waals surface area contributed by atoms with Crippen LogP contribution in [0.15, 0.2) is 18.2 Å². The van der Waals surface area contributed by atoms with E-state index >= 15 is 0 Å². The summed E-state index contributed by atoms with van der Waals surface area (Å²) in [5.74, 6) is -2.21. The lowest BCUT2D eigenvalue weighted by molar-refractivity contribution is -0.144. The Morgan fingerprint density at radius 3 is 2.62 bits per heavy atom. The van der Waals surface area contributed by atoms with Crippen molar-refractivity contribution < 1.29 is 23.9 Å². The highest BCUT2D eigenvalue weighted by molar-refractivity contribution is 5.98. The van der Waals surface area contributed by atoms with Gasteiger partial charge in [-0.25, -0.2) is 9.18 Å². The number of nitrogens with zero attached hydrogens (tertiary/aromatic N) is 1. The monoisotopic (exact) mass is 364 g/mol. The van der Waals surface area contributed by atoms with Gasteiger partial charge in [0, 0.05) is 18.5 Å². The summed E-state index contributed by atoms with van der Waals surface area (Å²) in [7, 11) is 0. The Kier molecular flexibility index (Phi) is 6.34. The molecule has 2 atom stereocenters. The summed E-state index contributed by atoms with van der Waals surface area (Å²) in [6, 6.07) is 2.89. The Morgan fingerprint density at radius 1 is 1.35 bits per heavy atom. The van der Waals surface area contributed by atoms with Gasteiger partial charge in [-0.3, -0.25) is 9.59 Å². The largest absolute Gasteiger partial charge is 0.480 e. The molecule has 1 aliphatic heterocycles. The molecule has 0 aliphatic carbocycles. The summed E-state index contributed by atoms with van der Waals surface area (Å²) in [4.78, 5) is 37.2. The molecule has 0 aromatic heterocycles. The average molecular weight is 364 g/mol. The van der Waals surface area contributed by atoms with Gasteiger partial charge in [-0.15, -0.1) is 0 Å². The fourth-order valence-corrected chi connectivity index (χ4v) is 3.11. The van der Waals surface area contributed by atoms with Crippen molar-refractivity contribution in [1.29, 1.82) is 0 Å². The summed E-state index contributed by atoms with van der Waals surface area (Å²) < 4.78 is 14.3. The molecule has 2 rings (SSSR count). The van der Waals surface area contributed by atoms with E-state index in [0.717, 1.165) is 6.07 Å². The van der Waals surface area contributed by atoms with Gasteiger partial charge in [0.05, 0.1) is 5.69 Å². The highest BCUT2D eigenvalue weighted by atomic mass is 19.1. The van der Waals surface area contributed by atoms with E-state index in [-0.39, 0.29) is 35.4 Å². The first-order chi connectivity index (χ1) is 12.2. The molecule has 2 amide bonds. The number of hydrogen-bond acceptors (Lipinski definition) is 3. The Morgan fingerprint density at radius 2 is 2.04 bits per heavy atom. The Labute approximate surface area is 152 Å². The molecule has 1 aromatic rings. The molecule has 0 saturated carbocycles. The zero-order valence-electron chi connectivity index (χ0n) is 15.3. The van der Waals surface area contributed by atoms with Crippen LogP contribution in [-0.2, 0) is 9.59 Å². The topological polar surface area (TPSA) is 86.7 Å². The number of rotatable bonds is 5. The molecule has 0 bridgehead atoms. The standard InChI is InChI=1S/C19H25FN2O4/c1-11(2)8-17(23)21-15-5-4-13(10-14(15)20)18(24)22-7-6-12(3)9-16(22)19(25)26/h4-5,10-12,16H,6-9H2,1-3H3,(H,21,23)(H,25,26). The number of likely N-dealkylation sites (tertiary alicyclic amines) is 1. The molecular weight excluding hydrogens is 339 g/mol. The molecule has 6 nitrogen and oxygen atoms in total. The van der Waals surface area contributed by atoms with E-state index in [2.05, 4.69) is 5.32 Å². The van der Waals surface area contributed by atoms with Gasteiger partial charge in [0.25, 0.3) is 5.91 Å². The van der Waals surface area contributed by atoms with E-state index in [1.165, 1.54) is 17.0 Å². The van der Waals surface area contributed by atoms with Crippen LogP contribution in [-0.4, -0.2) is 40.4 Å². The average Bonchev–Trinajstić information content (AvgIpc) is 2.55. The third kappa shape index (κ3) is 4.80. The summed E-state index contributed by atoms with van der Waals surface area (Å²) in [5, 5.41) is 11.9. The van der Waals surface area contributed by atoms with Crippen LogP contribution >= 0.6 is 0 Å². The van der Waals surface area contributed by atoms with E-state index in [4.69, 9.17) is 0 Å². The molecule has 0 radical (unpaired) electrons. The molecule has 1 fully saturated rings. The van der Waals surface area contributed by atoms with Crippen molar-refractivity contribution in [2.45, 2.75) is 46.1 Å². The van der Waals surface area contributed by atoms with Crippen molar-refractivity contribution in [3.8, 4) is 0 Å². The van der Waals surface area contributed by atoms with Gasteiger partial charge in [0.2, 0.25) is 5.91 Å². The van der Waals surface area contributed by atoms with Gasteiger partial charge in [-0.2, -0.15) is 0 Å². The van der Waals surface area contributed by atoms with Crippen molar-refractivity contribution in [3.05, 3.63) is 29.6 Å². The molecule has 0 spiro atoms. The number of aliphatic carboxylic acids is 1. The van der Waals surface area contributed by atoms with E-state index in [0.29, 0.717) is 19.4 Å². The maximum Gasteiger partial charge on any atom is 0.326 e. The molecule has 142 valence electrons. The number of hydrogen-bond donors (Lipinski definition) is 2. The van der Waals surface area contributed by atoms with E-state index in [1.807, 2.05) is 20.8 Å². The number of nitrogens with one attached hydrogen (secondary N) is 1. The van der Waals surface area contributed by atoms with Crippen LogP contribution in [0.1, 0.15) is 50.4 Å². The van der Waals surface area contributed by atoms with Gasteiger partial charge in [0.15, 0.2) is 0 Å². The van der Waals surface area contributed by atoms with Crippen LogP contribution in [0.2, 0.25) is 0 Å². The first-order valence-corrected chi connectivity index (χ1v) is 8.82. The summed E-state index contributed by atoms with van der Waals surface area (Å²) in [6.45, 7) is 6.05. The number of anilines is 1. The van der Waals surface area contributed by atoms with Crippen molar-refractivity contribution >= 4 is 23.5 Å². The highest BCUT2D eigenvalue weighted by Gasteiger charge is 2.35. The summed E-state index contributed by atoms with van der Waals surface area (Å²) in [6.07, 6.45) is 1.36. The van der Waals surface area contributed by atoms with E-state index in [1.54, 1.807) is 0 Å². The Hall–Kier alpha value is -2.44. The van der Waals surface area contributed by atoms with Gasteiger partial charge < -0.3 is 15.3 Å². The minimum Gasteiger partial charge on any atom is -0.480 e. The third-order valence-electron chi connectivity index (χ3n) is 4.49. The lowest BCUT2D eigenvalue weighted by atomic mass is 9.92. The highest BCUT2D eigenvalue weighted by Crippen LogP contribution is 2.25. The van der Waals surface area contributed by atoms with Crippen LogP contribution in [0, 0.1) is 17.7 Å². The van der Waals surface area contributed by atoms with Gasteiger partial charge in [0.1, 0.15) is 11.9 Å². The van der Waals surface area contributed by atoms with E-state index < -0.39 is 23.7 Å². The van der Waals surface area contributed by atoms with Crippen molar-refractivity contribution in [1.82, 2.24) is 4.90 Å². The lowest BCUT2D eigenvalue weighted by Gasteiger charge is -2.36. The van der Waals surface area contributed by atoms with Crippen molar-refractivity contribution in [2.75, 3.05) is 11.9 Å². The second kappa shape index (κ2) is 8.29. The number of carbonyl (C=O) groups excluding carboxylic acids is 2. The molecule has 7 heteroatoms. The predicted molar refractivity (Wildman–Crippen MR) is 95.3 cm³/mol. The second-order valence-corrected chi connectivity index (χ2v) is 7.32. The molecule has 2 unspecified atom stereocenters. The smallest absolute Gasteiger partial charge is 0.326 e. The van der Waals surface area contributed by atoms with Crippen LogP contribution in [0.5, 0.6) is 0 Å². The fraction of sp³-hybridized carbons (Fsp3) is 0.526. The minimum absolute atomic E-state index is 0.00857. The normalized spacial score (nSPS) is 20.1. The summed E-state index contributed by atoms with van der Waals surface area (Å²) in [5.41, 5.74) is 0.0828. The van der Waals surface area contributed by atoms with Crippen LogP contribution in [0.3, 0.4) is 0 Å². The summed E-state index contributed by atoms with van der Waals surface area (Å²) >= 11 is 0.